The third-order valence-electron chi connectivity index (χ3n) is 4.27. The van der Waals surface area contributed by atoms with Crippen LogP contribution in [0.3, 0.4) is 0 Å². The average Bonchev–Trinajstić information content (AvgIpc) is 3.43. The van der Waals surface area contributed by atoms with Crippen molar-refractivity contribution in [2.24, 2.45) is 5.10 Å². The van der Waals surface area contributed by atoms with Crippen molar-refractivity contribution in [3.05, 3.63) is 75.9 Å². The number of nitrogens with zero attached hydrogens (tertiary/aromatic N) is 4. The number of hydrogen-bond donors (Lipinski definition) is 2. The van der Waals surface area contributed by atoms with Gasteiger partial charge in [-0.1, -0.05) is 24.3 Å². The van der Waals surface area contributed by atoms with Gasteiger partial charge in [0.1, 0.15) is 5.69 Å². The Kier molecular flexibility index (Phi) is 4.86. The highest BCUT2D eigenvalue weighted by Crippen LogP contribution is 2.27. The van der Waals surface area contributed by atoms with Crippen molar-refractivity contribution < 1.29 is 4.79 Å². The Morgan fingerprint density at radius 1 is 1.21 bits per heavy atom. The van der Waals surface area contributed by atoms with Gasteiger partial charge in [0.15, 0.2) is 0 Å². The molecule has 0 fully saturated rings. The zero-order valence-electron chi connectivity index (χ0n) is 15.4. The van der Waals surface area contributed by atoms with E-state index in [9.17, 15) is 4.79 Å². The lowest BCUT2D eigenvalue weighted by molar-refractivity contribution is 0.0950. The standard InChI is InChI=1S/C20H18N6OS/c1-13-19(14(2)26(25-13)15-7-4-3-5-8-15)17-11-18(23-22-17)20(27)24-21-12-16-9-6-10-28-16/h3-12H,1-2H3,(H,22,23)(H,24,27). The Labute approximate surface area is 165 Å². The van der Waals surface area contributed by atoms with E-state index >= 15 is 0 Å². The Hall–Kier alpha value is -3.52. The monoisotopic (exact) mass is 390 g/mol. The number of benzene rings is 1. The molecule has 8 heteroatoms. The van der Waals surface area contributed by atoms with Gasteiger partial charge in [0.2, 0.25) is 0 Å². The van der Waals surface area contributed by atoms with Gasteiger partial charge in [-0.05, 0) is 43.5 Å². The van der Waals surface area contributed by atoms with Gasteiger partial charge in [0.05, 0.1) is 29.0 Å². The minimum Gasteiger partial charge on any atom is -0.272 e. The number of nitrogens with one attached hydrogen (secondary N) is 2. The summed E-state index contributed by atoms with van der Waals surface area (Å²) in [6.45, 7) is 3.92. The van der Waals surface area contributed by atoms with E-state index in [0.29, 0.717) is 11.4 Å². The number of aromatic amines is 1. The molecule has 3 aromatic heterocycles. The van der Waals surface area contributed by atoms with Gasteiger partial charge in [0, 0.05) is 10.4 Å². The summed E-state index contributed by atoms with van der Waals surface area (Å²) in [4.78, 5) is 13.3. The second-order valence-corrected chi connectivity index (χ2v) is 7.15. The van der Waals surface area contributed by atoms with Crippen LogP contribution in [0, 0.1) is 13.8 Å². The number of amides is 1. The summed E-state index contributed by atoms with van der Waals surface area (Å²) in [5, 5.41) is 17.6. The normalized spacial score (nSPS) is 11.2. The molecular weight excluding hydrogens is 372 g/mol. The highest BCUT2D eigenvalue weighted by atomic mass is 32.1. The van der Waals surface area contributed by atoms with Crippen molar-refractivity contribution in [3.63, 3.8) is 0 Å². The van der Waals surface area contributed by atoms with Crippen LogP contribution >= 0.6 is 11.3 Å². The third kappa shape index (κ3) is 3.49. The number of aryl methyl sites for hydroxylation is 1. The summed E-state index contributed by atoms with van der Waals surface area (Å²) in [5.41, 5.74) is 7.20. The lowest BCUT2D eigenvalue weighted by atomic mass is 10.1. The fraction of sp³-hybridized carbons (Fsp3) is 0.100. The molecular formula is C20H18N6OS. The molecule has 0 atom stereocenters. The molecule has 0 saturated heterocycles. The smallest absolute Gasteiger partial charge is 0.272 e. The molecule has 1 amide bonds. The molecule has 0 spiro atoms. The van der Waals surface area contributed by atoms with Crippen LogP contribution in [0.4, 0.5) is 0 Å². The minimum absolute atomic E-state index is 0.338. The van der Waals surface area contributed by atoms with Crippen molar-refractivity contribution in [2.75, 3.05) is 0 Å². The summed E-state index contributed by atoms with van der Waals surface area (Å²) >= 11 is 1.55. The van der Waals surface area contributed by atoms with Crippen LogP contribution in [-0.2, 0) is 0 Å². The Balaban J connectivity index is 1.56. The summed E-state index contributed by atoms with van der Waals surface area (Å²) in [7, 11) is 0. The van der Waals surface area contributed by atoms with Crippen molar-refractivity contribution in [1.82, 2.24) is 25.4 Å². The summed E-state index contributed by atoms with van der Waals surface area (Å²) < 4.78 is 1.88. The van der Waals surface area contributed by atoms with E-state index in [1.165, 1.54) is 0 Å². The molecule has 1 aromatic carbocycles. The second-order valence-electron chi connectivity index (χ2n) is 6.17. The van der Waals surface area contributed by atoms with Crippen molar-refractivity contribution >= 4 is 23.5 Å². The molecule has 7 nitrogen and oxygen atoms in total. The van der Waals surface area contributed by atoms with Gasteiger partial charge in [-0.25, -0.2) is 10.1 Å². The van der Waals surface area contributed by atoms with Crippen LogP contribution in [0.1, 0.15) is 26.8 Å². The first-order valence-electron chi connectivity index (χ1n) is 8.68. The van der Waals surface area contributed by atoms with Gasteiger partial charge in [-0.3, -0.25) is 9.89 Å². The Morgan fingerprint density at radius 2 is 2.04 bits per heavy atom. The molecule has 2 N–H and O–H groups in total. The van der Waals surface area contributed by atoms with Gasteiger partial charge in [0.25, 0.3) is 5.91 Å². The molecule has 0 saturated carbocycles. The van der Waals surface area contributed by atoms with E-state index < -0.39 is 0 Å². The van der Waals surface area contributed by atoms with Crippen LogP contribution in [-0.4, -0.2) is 32.1 Å². The van der Waals surface area contributed by atoms with E-state index in [1.54, 1.807) is 23.6 Å². The number of para-hydroxylation sites is 1. The molecule has 140 valence electrons. The molecule has 4 aromatic rings. The van der Waals surface area contributed by atoms with Gasteiger partial charge < -0.3 is 0 Å². The topological polar surface area (TPSA) is 88.0 Å². The van der Waals surface area contributed by atoms with Crippen LogP contribution in [0.5, 0.6) is 0 Å². The first-order valence-corrected chi connectivity index (χ1v) is 9.56. The number of carbonyl (C=O) groups is 1. The van der Waals surface area contributed by atoms with E-state index in [-0.39, 0.29) is 5.91 Å². The second kappa shape index (κ2) is 7.61. The first kappa shape index (κ1) is 17.9. The van der Waals surface area contributed by atoms with Gasteiger partial charge >= 0.3 is 0 Å². The lowest BCUT2D eigenvalue weighted by Gasteiger charge is -2.04. The maximum absolute atomic E-state index is 12.3. The predicted octanol–water partition coefficient (Wildman–Crippen LogP) is 3.70. The number of hydrogen-bond acceptors (Lipinski definition) is 5. The fourth-order valence-corrected chi connectivity index (χ4v) is 3.56. The van der Waals surface area contributed by atoms with E-state index in [0.717, 1.165) is 27.5 Å². The van der Waals surface area contributed by atoms with Crippen LogP contribution in [0.15, 0.2) is 59.0 Å². The average molecular weight is 390 g/mol. The number of hydrazone groups is 1. The highest BCUT2D eigenvalue weighted by molar-refractivity contribution is 7.11. The van der Waals surface area contributed by atoms with Gasteiger partial charge in [-0.15, -0.1) is 11.3 Å². The number of carbonyl (C=O) groups excluding carboxylic acids is 1. The quantitative estimate of drug-likeness (QED) is 0.402. The molecule has 0 unspecified atom stereocenters. The molecule has 4 rings (SSSR count). The maximum atomic E-state index is 12.3. The number of thiophene rings is 1. The summed E-state index contributed by atoms with van der Waals surface area (Å²) in [5.74, 6) is -0.350. The zero-order valence-corrected chi connectivity index (χ0v) is 16.2. The van der Waals surface area contributed by atoms with Crippen LogP contribution in [0.25, 0.3) is 16.9 Å². The van der Waals surface area contributed by atoms with Crippen molar-refractivity contribution in [2.45, 2.75) is 13.8 Å². The van der Waals surface area contributed by atoms with Crippen LogP contribution < -0.4 is 5.43 Å². The molecule has 0 aliphatic heterocycles. The SMILES string of the molecule is Cc1nn(-c2ccccc2)c(C)c1-c1cc(C(=O)NN=Cc2cccs2)[nH]n1. The predicted molar refractivity (Wildman–Crippen MR) is 110 cm³/mol. The molecule has 0 aliphatic rings. The Bertz CT molecular complexity index is 1130. The van der Waals surface area contributed by atoms with E-state index in [2.05, 4.69) is 25.8 Å². The number of aromatic nitrogens is 4. The molecule has 28 heavy (non-hydrogen) atoms. The van der Waals surface area contributed by atoms with E-state index in [4.69, 9.17) is 0 Å². The fourth-order valence-electron chi connectivity index (χ4n) is 2.98. The summed E-state index contributed by atoms with van der Waals surface area (Å²) in [6, 6.07) is 15.5. The molecule has 0 bridgehead atoms. The first-order chi connectivity index (χ1) is 13.6. The number of H-pyrrole nitrogens is 1. The summed E-state index contributed by atoms with van der Waals surface area (Å²) in [6.07, 6.45) is 1.61. The minimum atomic E-state index is -0.350. The van der Waals surface area contributed by atoms with E-state index in [1.807, 2.05) is 66.4 Å². The van der Waals surface area contributed by atoms with Crippen molar-refractivity contribution in [1.29, 1.82) is 0 Å². The maximum Gasteiger partial charge on any atom is 0.289 e. The third-order valence-corrected chi connectivity index (χ3v) is 5.08. The van der Waals surface area contributed by atoms with Gasteiger partial charge in [-0.2, -0.15) is 15.3 Å². The number of rotatable bonds is 5. The Morgan fingerprint density at radius 3 is 2.79 bits per heavy atom. The molecule has 0 aliphatic carbocycles. The molecule has 3 heterocycles. The highest BCUT2D eigenvalue weighted by Gasteiger charge is 2.18. The lowest BCUT2D eigenvalue weighted by Crippen LogP contribution is -2.17. The largest absolute Gasteiger partial charge is 0.289 e. The zero-order chi connectivity index (χ0) is 19.5. The molecule has 0 radical (unpaired) electrons. The van der Waals surface area contributed by atoms with Crippen molar-refractivity contribution in [3.8, 4) is 16.9 Å². The van der Waals surface area contributed by atoms with Crippen LogP contribution in [0.2, 0.25) is 0 Å².